The van der Waals surface area contributed by atoms with Crippen molar-refractivity contribution in [2.24, 2.45) is 0 Å². The molecule has 5 heteroatoms. The maximum Gasteiger partial charge on any atom is 0.244 e. The zero-order valence-electron chi connectivity index (χ0n) is 14.9. The van der Waals surface area contributed by atoms with E-state index in [2.05, 4.69) is 17.4 Å². The van der Waals surface area contributed by atoms with E-state index in [4.69, 9.17) is 9.47 Å². The van der Waals surface area contributed by atoms with Gasteiger partial charge in [0, 0.05) is 11.0 Å². The van der Waals surface area contributed by atoms with E-state index in [1.165, 1.54) is 11.0 Å². The van der Waals surface area contributed by atoms with Crippen molar-refractivity contribution in [1.29, 1.82) is 0 Å². The minimum atomic E-state index is -0.172. The zero-order valence-corrected chi connectivity index (χ0v) is 15.7. The number of carbonyl (C=O) groups is 1. The molecule has 0 aliphatic rings. The van der Waals surface area contributed by atoms with Crippen LogP contribution in [0.4, 0.5) is 0 Å². The van der Waals surface area contributed by atoms with Crippen LogP contribution in [0.1, 0.15) is 24.1 Å². The van der Waals surface area contributed by atoms with Crippen LogP contribution in [0.3, 0.4) is 0 Å². The molecular formula is C20H23NO3S. The summed E-state index contributed by atoms with van der Waals surface area (Å²) >= 11 is 1.69. The van der Waals surface area contributed by atoms with E-state index in [-0.39, 0.29) is 11.9 Å². The van der Waals surface area contributed by atoms with Crippen molar-refractivity contribution in [2.75, 3.05) is 20.5 Å². The number of carbonyl (C=O) groups excluding carboxylic acids is 1. The third-order valence-electron chi connectivity index (χ3n) is 3.84. The van der Waals surface area contributed by atoms with Gasteiger partial charge >= 0.3 is 0 Å². The number of ether oxygens (including phenoxy) is 2. The van der Waals surface area contributed by atoms with Crippen LogP contribution in [-0.4, -0.2) is 26.4 Å². The summed E-state index contributed by atoms with van der Waals surface area (Å²) < 4.78 is 10.7. The molecule has 0 bridgehead atoms. The maximum atomic E-state index is 12.2. The summed E-state index contributed by atoms with van der Waals surface area (Å²) in [6, 6.07) is 13.6. The van der Waals surface area contributed by atoms with E-state index in [0.717, 1.165) is 11.1 Å². The van der Waals surface area contributed by atoms with Gasteiger partial charge in [-0.3, -0.25) is 4.79 Å². The lowest BCUT2D eigenvalue weighted by Crippen LogP contribution is -2.24. The molecule has 2 aromatic rings. The third kappa shape index (κ3) is 5.03. The summed E-state index contributed by atoms with van der Waals surface area (Å²) in [6.07, 6.45) is 5.24. The molecule has 0 aliphatic carbocycles. The molecule has 0 heterocycles. The van der Waals surface area contributed by atoms with E-state index in [0.29, 0.717) is 11.5 Å². The van der Waals surface area contributed by atoms with Gasteiger partial charge in [0.2, 0.25) is 5.91 Å². The standard InChI is InChI=1S/C20H23NO3S/c1-14(15-8-10-16(25-4)11-9-15)21-20(22)13-12-17-18(23-2)6-5-7-19(17)24-3/h5-14H,1-4H3,(H,21,22)/b13-12+/t14-/m1/s1. The van der Waals surface area contributed by atoms with E-state index < -0.39 is 0 Å². The van der Waals surface area contributed by atoms with Crippen LogP contribution in [0.5, 0.6) is 11.5 Å². The van der Waals surface area contributed by atoms with Gasteiger partial charge in [-0.25, -0.2) is 0 Å². The average Bonchev–Trinajstić information content (AvgIpc) is 2.65. The highest BCUT2D eigenvalue weighted by Crippen LogP contribution is 2.29. The second-order valence-corrected chi connectivity index (χ2v) is 6.29. The molecule has 132 valence electrons. The Bertz CT molecular complexity index is 719. The SMILES string of the molecule is COc1cccc(OC)c1/C=C/C(=O)N[C@H](C)c1ccc(SC)cc1. The fourth-order valence-electron chi connectivity index (χ4n) is 2.44. The van der Waals surface area contributed by atoms with E-state index in [1.807, 2.05) is 43.5 Å². The molecule has 0 aromatic heterocycles. The van der Waals surface area contributed by atoms with Crippen molar-refractivity contribution >= 4 is 23.7 Å². The molecular weight excluding hydrogens is 334 g/mol. The molecule has 0 saturated carbocycles. The molecule has 1 atom stereocenters. The number of rotatable bonds is 7. The number of hydrogen-bond donors (Lipinski definition) is 1. The highest BCUT2D eigenvalue weighted by molar-refractivity contribution is 7.98. The van der Waals surface area contributed by atoms with Gasteiger partial charge in [0.05, 0.1) is 25.8 Å². The van der Waals surface area contributed by atoms with Gasteiger partial charge in [0.15, 0.2) is 0 Å². The quantitative estimate of drug-likeness (QED) is 0.592. The first-order valence-electron chi connectivity index (χ1n) is 7.92. The van der Waals surface area contributed by atoms with Gasteiger partial charge in [-0.2, -0.15) is 0 Å². The summed E-state index contributed by atoms with van der Waals surface area (Å²) in [4.78, 5) is 13.4. The molecule has 0 fully saturated rings. The first kappa shape index (κ1) is 18.9. The minimum Gasteiger partial charge on any atom is -0.496 e. The zero-order chi connectivity index (χ0) is 18.2. The molecule has 1 amide bonds. The average molecular weight is 357 g/mol. The lowest BCUT2D eigenvalue weighted by molar-refractivity contribution is -0.117. The van der Waals surface area contributed by atoms with Gasteiger partial charge in [-0.05, 0) is 49.1 Å². The van der Waals surface area contributed by atoms with Gasteiger partial charge in [0.25, 0.3) is 0 Å². The van der Waals surface area contributed by atoms with Crippen molar-refractivity contribution in [3.8, 4) is 11.5 Å². The summed E-state index contributed by atoms with van der Waals surface area (Å²) in [5, 5.41) is 2.96. The predicted molar refractivity (Wildman–Crippen MR) is 103 cm³/mol. The molecule has 4 nitrogen and oxygen atoms in total. The Morgan fingerprint density at radius 1 is 1.08 bits per heavy atom. The second-order valence-electron chi connectivity index (χ2n) is 5.41. The Kier molecular flexibility index (Phi) is 6.95. The smallest absolute Gasteiger partial charge is 0.244 e. The van der Waals surface area contributed by atoms with Crippen molar-refractivity contribution in [3.63, 3.8) is 0 Å². The molecule has 1 N–H and O–H groups in total. The van der Waals surface area contributed by atoms with Crippen LogP contribution in [0.2, 0.25) is 0 Å². The lowest BCUT2D eigenvalue weighted by atomic mass is 10.1. The number of thioether (sulfide) groups is 1. The van der Waals surface area contributed by atoms with Crippen molar-refractivity contribution in [1.82, 2.24) is 5.32 Å². The number of amides is 1. The molecule has 2 aromatic carbocycles. The fourth-order valence-corrected chi connectivity index (χ4v) is 2.85. The predicted octanol–water partition coefficient (Wildman–Crippen LogP) is 4.32. The highest BCUT2D eigenvalue weighted by atomic mass is 32.2. The first-order valence-corrected chi connectivity index (χ1v) is 9.15. The Morgan fingerprint density at radius 3 is 2.20 bits per heavy atom. The third-order valence-corrected chi connectivity index (χ3v) is 4.59. The molecule has 0 radical (unpaired) electrons. The van der Waals surface area contributed by atoms with Crippen LogP contribution in [0, 0.1) is 0 Å². The van der Waals surface area contributed by atoms with Crippen LogP contribution in [-0.2, 0) is 4.79 Å². The topological polar surface area (TPSA) is 47.6 Å². The monoisotopic (exact) mass is 357 g/mol. The summed E-state index contributed by atoms with van der Waals surface area (Å²) in [5.74, 6) is 1.14. The normalized spacial score (nSPS) is 12.0. The highest BCUT2D eigenvalue weighted by Gasteiger charge is 2.10. The second kappa shape index (κ2) is 9.18. The van der Waals surface area contributed by atoms with E-state index in [9.17, 15) is 4.79 Å². The maximum absolute atomic E-state index is 12.2. The molecule has 25 heavy (non-hydrogen) atoms. The van der Waals surface area contributed by atoms with Crippen molar-refractivity contribution in [2.45, 2.75) is 17.9 Å². The summed E-state index contributed by atoms with van der Waals surface area (Å²) in [6.45, 7) is 1.96. The van der Waals surface area contributed by atoms with Gasteiger partial charge in [-0.1, -0.05) is 18.2 Å². The number of benzene rings is 2. The van der Waals surface area contributed by atoms with Crippen LogP contribution in [0.25, 0.3) is 6.08 Å². The van der Waals surface area contributed by atoms with Gasteiger partial charge < -0.3 is 14.8 Å². The molecule has 0 unspecified atom stereocenters. The Labute approximate surface area is 153 Å². The molecule has 0 saturated heterocycles. The first-order chi connectivity index (χ1) is 12.1. The van der Waals surface area contributed by atoms with Crippen LogP contribution in [0.15, 0.2) is 53.4 Å². The molecule has 0 spiro atoms. The number of nitrogens with one attached hydrogen (secondary N) is 1. The summed E-state index contributed by atoms with van der Waals surface area (Å²) in [7, 11) is 3.18. The van der Waals surface area contributed by atoms with Crippen molar-refractivity contribution in [3.05, 3.63) is 59.7 Å². The summed E-state index contributed by atoms with van der Waals surface area (Å²) in [5.41, 5.74) is 1.80. The van der Waals surface area contributed by atoms with Crippen LogP contribution >= 0.6 is 11.8 Å². The fraction of sp³-hybridized carbons (Fsp3) is 0.250. The lowest BCUT2D eigenvalue weighted by Gasteiger charge is -2.13. The van der Waals surface area contributed by atoms with Gasteiger partial charge in [0.1, 0.15) is 11.5 Å². The number of methoxy groups -OCH3 is 2. The van der Waals surface area contributed by atoms with Gasteiger partial charge in [-0.15, -0.1) is 11.8 Å². The number of hydrogen-bond acceptors (Lipinski definition) is 4. The molecule has 2 rings (SSSR count). The van der Waals surface area contributed by atoms with Crippen LogP contribution < -0.4 is 14.8 Å². The Morgan fingerprint density at radius 2 is 1.68 bits per heavy atom. The Balaban J connectivity index is 2.07. The van der Waals surface area contributed by atoms with Crippen molar-refractivity contribution < 1.29 is 14.3 Å². The molecule has 0 aliphatic heterocycles. The largest absolute Gasteiger partial charge is 0.496 e. The Hall–Kier alpha value is -2.40. The minimum absolute atomic E-state index is 0.0763. The van der Waals surface area contributed by atoms with E-state index in [1.54, 1.807) is 32.1 Å². The van der Waals surface area contributed by atoms with E-state index >= 15 is 0 Å².